The molecule has 0 bridgehead atoms. The zero-order chi connectivity index (χ0) is 14.3. The van der Waals surface area contributed by atoms with Gasteiger partial charge in [-0.15, -0.1) is 0 Å². The normalized spacial score (nSPS) is 22.4. The summed E-state index contributed by atoms with van der Waals surface area (Å²) in [7, 11) is 0. The Hall–Kier alpha value is -1.14. The molecule has 110 valence electrons. The van der Waals surface area contributed by atoms with Crippen LogP contribution in [0.25, 0.3) is 0 Å². The molecule has 1 aliphatic carbocycles. The van der Waals surface area contributed by atoms with Crippen molar-refractivity contribution < 1.29 is 24.5 Å². The van der Waals surface area contributed by atoms with Crippen LogP contribution in [-0.4, -0.2) is 59.9 Å². The van der Waals surface area contributed by atoms with Gasteiger partial charge in [-0.25, -0.2) is 0 Å². The van der Waals surface area contributed by atoms with Gasteiger partial charge in [0.2, 0.25) is 5.91 Å². The van der Waals surface area contributed by atoms with Crippen LogP contribution in [0.1, 0.15) is 26.2 Å². The molecule has 1 fully saturated rings. The van der Waals surface area contributed by atoms with Crippen molar-refractivity contribution in [3.05, 3.63) is 0 Å². The summed E-state index contributed by atoms with van der Waals surface area (Å²) >= 11 is 0. The summed E-state index contributed by atoms with van der Waals surface area (Å²) in [6.45, 7) is 3.44. The number of ether oxygens (including phenoxy) is 1. The molecule has 6 heteroatoms. The highest BCUT2D eigenvalue weighted by molar-refractivity contribution is 5.85. The first-order valence-electron chi connectivity index (χ1n) is 6.82. The van der Waals surface area contributed by atoms with Gasteiger partial charge in [0.25, 0.3) is 0 Å². The van der Waals surface area contributed by atoms with Crippen LogP contribution < -0.4 is 0 Å². The lowest BCUT2D eigenvalue weighted by Crippen LogP contribution is -2.40. The second-order valence-corrected chi connectivity index (χ2v) is 4.74. The average Bonchev–Trinajstić information content (AvgIpc) is 2.87. The van der Waals surface area contributed by atoms with Crippen molar-refractivity contribution in [1.82, 2.24) is 4.90 Å². The Kier molecular flexibility index (Phi) is 6.80. The van der Waals surface area contributed by atoms with E-state index in [1.165, 1.54) is 0 Å². The fourth-order valence-corrected chi connectivity index (χ4v) is 2.55. The molecule has 19 heavy (non-hydrogen) atoms. The molecular formula is C13H23NO5. The molecule has 0 spiro atoms. The van der Waals surface area contributed by atoms with Crippen molar-refractivity contribution in [2.75, 3.05) is 32.9 Å². The summed E-state index contributed by atoms with van der Waals surface area (Å²) in [5.74, 6) is -1.89. The predicted molar refractivity (Wildman–Crippen MR) is 68.6 cm³/mol. The lowest BCUT2D eigenvalue weighted by Gasteiger charge is -2.26. The minimum absolute atomic E-state index is 0.0379. The number of carbonyl (C=O) groups is 2. The van der Waals surface area contributed by atoms with Gasteiger partial charge in [-0.05, 0) is 19.8 Å². The average molecular weight is 273 g/mol. The number of hydrogen-bond acceptors (Lipinski definition) is 4. The third-order valence-electron chi connectivity index (χ3n) is 3.58. The Morgan fingerprint density at radius 2 is 1.95 bits per heavy atom. The number of likely N-dealkylation sites (N-methyl/N-ethyl adjacent to an activating group) is 1. The Morgan fingerprint density at radius 1 is 1.26 bits per heavy atom. The topological polar surface area (TPSA) is 87.1 Å². The number of carboxylic acid groups (broad SMARTS) is 1. The molecule has 0 aromatic carbocycles. The summed E-state index contributed by atoms with van der Waals surface area (Å²) in [6.07, 6.45) is 2.04. The van der Waals surface area contributed by atoms with Gasteiger partial charge in [-0.1, -0.05) is 6.42 Å². The van der Waals surface area contributed by atoms with E-state index in [0.717, 1.165) is 6.42 Å². The number of carboxylic acids is 1. The van der Waals surface area contributed by atoms with Gasteiger partial charge in [0, 0.05) is 13.1 Å². The first-order valence-corrected chi connectivity index (χ1v) is 6.82. The summed E-state index contributed by atoms with van der Waals surface area (Å²) < 4.78 is 5.14. The third kappa shape index (κ3) is 4.47. The quantitative estimate of drug-likeness (QED) is 0.623. The maximum atomic E-state index is 12.3. The van der Waals surface area contributed by atoms with Crippen molar-refractivity contribution in [2.45, 2.75) is 26.2 Å². The van der Waals surface area contributed by atoms with Gasteiger partial charge in [0.1, 0.15) is 0 Å². The second kappa shape index (κ2) is 8.12. The summed E-state index contributed by atoms with van der Waals surface area (Å²) in [5.41, 5.74) is 0. The summed E-state index contributed by atoms with van der Waals surface area (Å²) in [4.78, 5) is 25.1. The molecule has 0 aliphatic heterocycles. The molecule has 1 amide bonds. The summed E-state index contributed by atoms with van der Waals surface area (Å²) in [5, 5.41) is 17.7. The number of carbonyl (C=O) groups excluding carboxylic acids is 1. The van der Waals surface area contributed by atoms with Crippen LogP contribution in [0.15, 0.2) is 0 Å². The monoisotopic (exact) mass is 273 g/mol. The molecule has 2 N–H and O–H groups in total. The fraction of sp³-hybridized carbons (Fsp3) is 0.846. The lowest BCUT2D eigenvalue weighted by atomic mass is 9.95. The van der Waals surface area contributed by atoms with Crippen molar-refractivity contribution in [1.29, 1.82) is 0 Å². The van der Waals surface area contributed by atoms with Crippen LogP contribution in [0.5, 0.6) is 0 Å². The van der Waals surface area contributed by atoms with E-state index < -0.39 is 17.8 Å². The zero-order valence-corrected chi connectivity index (χ0v) is 11.4. The smallest absolute Gasteiger partial charge is 0.307 e. The van der Waals surface area contributed by atoms with Crippen LogP contribution in [0.4, 0.5) is 0 Å². The van der Waals surface area contributed by atoms with Gasteiger partial charge in [0.15, 0.2) is 0 Å². The molecule has 6 nitrogen and oxygen atoms in total. The molecule has 0 aromatic heterocycles. The molecule has 1 saturated carbocycles. The van der Waals surface area contributed by atoms with Crippen LogP contribution >= 0.6 is 0 Å². The molecule has 1 aliphatic rings. The molecule has 1 rings (SSSR count). The Balaban J connectivity index is 2.50. The molecule has 0 unspecified atom stereocenters. The van der Waals surface area contributed by atoms with Crippen LogP contribution in [-0.2, 0) is 14.3 Å². The van der Waals surface area contributed by atoms with Crippen molar-refractivity contribution >= 4 is 11.9 Å². The number of hydrogen-bond donors (Lipinski definition) is 2. The van der Waals surface area contributed by atoms with Gasteiger partial charge in [-0.2, -0.15) is 0 Å². The van der Waals surface area contributed by atoms with Gasteiger partial charge >= 0.3 is 5.97 Å². The summed E-state index contributed by atoms with van der Waals surface area (Å²) in [6, 6.07) is 0. The van der Waals surface area contributed by atoms with E-state index >= 15 is 0 Å². The predicted octanol–water partition coefficient (Wildman–Crippen LogP) is 0.345. The van der Waals surface area contributed by atoms with E-state index in [2.05, 4.69) is 0 Å². The first-order chi connectivity index (χ1) is 9.11. The van der Waals surface area contributed by atoms with Gasteiger partial charge < -0.3 is 19.8 Å². The Bertz CT molecular complexity index is 307. The maximum Gasteiger partial charge on any atom is 0.307 e. The highest BCUT2D eigenvalue weighted by atomic mass is 16.5. The number of nitrogens with zero attached hydrogens (tertiary/aromatic N) is 1. The second-order valence-electron chi connectivity index (χ2n) is 4.74. The Labute approximate surface area is 113 Å². The maximum absolute atomic E-state index is 12.3. The van der Waals surface area contributed by atoms with Gasteiger partial charge in [0.05, 0.1) is 31.7 Å². The number of rotatable bonds is 8. The minimum Gasteiger partial charge on any atom is -0.481 e. The molecule has 2 atom stereocenters. The minimum atomic E-state index is -0.872. The molecule has 0 saturated heterocycles. The molecular weight excluding hydrogens is 250 g/mol. The van der Waals surface area contributed by atoms with Crippen molar-refractivity contribution in [3.8, 4) is 0 Å². The Morgan fingerprint density at radius 3 is 2.53 bits per heavy atom. The fourth-order valence-electron chi connectivity index (χ4n) is 2.55. The third-order valence-corrected chi connectivity index (χ3v) is 3.58. The zero-order valence-electron chi connectivity index (χ0n) is 11.4. The van der Waals surface area contributed by atoms with E-state index in [1.807, 2.05) is 6.92 Å². The number of aliphatic hydroxyl groups is 1. The highest BCUT2D eigenvalue weighted by Crippen LogP contribution is 2.33. The number of aliphatic hydroxyl groups excluding tert-OH is 1. The van der Waals surface area contributed by atoms with Crippen molar-refractivity contribution in [3.63, 3.8) is 0 Å². The highest BCUT2D eigenvalue weighted by Gasteiger charge is 2.39. The van der Waals surface area contributed by atoms with Crippen LogP contribution in [0, 0.1) is 11.8 Å². The van der Waals surface area contributed by atoms with E-state index in [4.69, 9.17) is 14.9 Å². The number of amides is 1. The van der Waals surface area contributed by atoms with Crippen LogP contribution in [0.2, 0.25) is 0 Å². The lowest BCUT2D eigenvalue weighted by molar-refractivity contribution is -0.149. The molecule has 0 heterocycles. The van der Waals surface area contributed by atoms with Crippen LogP contribution in [0.3, 0.4) is 0 Å². The molecule has 0 aromatic rings. The largest absolute Gasteiger partial charge is 0.481 e. The first kappa shape index (κ1) is 15.9. The van der Waals surface area contributed by atoms with E-state index in [9.17, 15) is 9.59 Å². The standard InChI is InChI=1S/C13H23NO5/c1-2-14(6-8-19-9-7-15)12(16)10-4-3-5-11(10)13(17)18/h10-11,15H,2-9H2,1H3,(H,17,18)/t10-,11+/m1/s1. The van der Waals surface area contributed by atoms with Gasteiger partial charge in [-0.3, -0.25) is 9.59 Å². The van der Waals surface area contributed by atoms with E-state index in [-0.39, 0.29) is 19.1 Å². The van der Waals surface area contributed by atoms with Crippen molar-refractivity contribution in [2.24, 2.45) is 11.8 Å². The van der Waals surface area contributed by atoms with E-state index in [0.29, 0.717) is 32.5 Å². The van der Waals surface area contributed by atoms with E-state index in [1.54, 1.807) is 4.90 Å². The number of aliphatic carboxylic acids is 1. The SMILES string of the molecule is CCN(CCOCCO)C(=O)[C@@H]1CCC[C@@H]1C(=O)O. The molecule has 0 radical (unpaired) electrons.